The monoisotopic (exact) mass is 624 g/mol. The molecule has 0 aromatic heterocycles. The van der Waals surface area contributed by atoms with Gasteiger partial charge in [-0.15, -0.1) is 0 Å². The second-order valence-electron chi connectivity index (χ2n) is 10.1. The Hall–Kier alpha value is -3.35. The van der Waals surface area contributed by atoms with E-state index in [4.69, 9.17) is 28.4 Å². The highest BCUT2D eigenvalue weighted by molar-refractivity contribution is 5.87. The van der Waals surface area contributed by atoms with Gasteiger partial charge in [0, 0.05) is 6.08 Å². The highest BCUT2D eigenvalue weighted by Gasteiger charge is 2.46. The predicted molar refractivity (Wildman–Crippen MR) is 147 cm³/mol. The molecule has 4 rings (SSSR count). The lowest BCUT2D eigenvalue weighted by Gasteiger charge is -2.39. The summed E-state index contributed by atoms with van der Waals surface area (Å²) in [5, 5.41) is 78.7. The fourth-order valence-electron chi connectivity index (χ4n) is 4.51. The number of aliphatic hydroxyl groups is 8. The summed E-state index contributed by atoms with van der Waals surface area (Å²) in [4.78, 5) is 12.3. The summed E-state index contributed by atoms with van der Waals surface area (Å²) in [6.07, 6.45) is -11.6. The Morgan fingerprint density at radius 3 is 1.86 bits per heavy atom. The van der Waals surface area contributed by atoms with E-state index in [-0.39, 0.29) is 23.9 Å². The van der Waals surface area contributed by atoms with Gasteiger partial charge in [-0.2, -0.15) is 0 Å². The van der Waals surface area contributed by atoms with E-state index in [1.807, 2.05) is 0 Å². The van der Waals surface area contributed by atoms with Gasteiger partial charge in [-0.1, -0.05) is 18.2 Å². The molecular weight excluding hydrogens is 588 g/mol. The first-order valence-corrected chi connectivity index (χ1v) is 13.6. The Bertz CT molecular complexity index is 1250. The number of carbonyl (C=O) groups excluding carboxylic acids is 1. The SMILES string of the molecule is COc1cc(/C=C/C(=O)OCc2ccc(O[C@@H]3O[C@H](CO)[C@@H](O)[C@H](O)[C@H]3O)cc2)ccc1O[C@@H]1O[C@H](CO)[C@@H](O)[C@H](O)[C@H]1O. The van der Waals surface area contributed by atoms with Gasteiger partial charge in [-0.05, 0) is 41.5 Å². The van der Waals surface area contributed by atoms with E-state index in [1.54, 1.807) is 18.2 Å². The fourth-order valence-corrected chi connectivity index (χ4v) is 4.51. The lowest BCUT2D eigenvalue weighted by molar-refractivity contribution is -0.277. The smallest absolute Gasteiger partial charge is 0.331 e. The number of benzene rings is 2. The maximum Gasteiger partial charge on any atom is 0.331 e. The molecule has 2 aliphatic rings. The van der Waals surface area contributed by atoms with Crippen molar-refractivity contribution < 1.29 is 74.1 Å². The van der Waals surface area contributed by atoms with Crippen molar-refractivity contribution >= 4 is 12.0 Å². The zero-order valence-corrected chi connectivity index (χ0v) is 23.5. The van der Waals surface area contributed by atoms with E-state index in [1.165, 1.54) is 43.5 Å². The first kappa shape index (κ1) is 33.5. The van der Waals surface area contributed by atoms with Crippen LogP contribution in [0.2, 0.25) is 0 Å². The largest absolute Gasteiger partial charge is 0.493 e. The first-order valence-electron chi connectivity index (χ1n) is 13.6. The van der Waals surface area contributed by atoms with Gasteiger partial charge < -0.3 is 69.3 Å². The molecule has 2 heterocycles. The third-order valence-electron chi connectivity index (χ3n) is 7.10. The summed E-state index contributed by atoms with van der Waals surface area (Å²) in [7, 11) is 1.37. The average molecular weight is 625 g/mol. The Balaban J connectivity index is 1.29. The van der Waals surface area contributed by atoms with Crippen LogP contribution in [0.5, 0.6) is 17.2 Å². The van der Waals surface area contributed by atoms with Crippen LogP contribution in [-0.2, 0) is 25.6 Å². The molecule has 2 aromatic rings. The Kier molecular flexibility index (Phi) is 11.5. The van der Waals surface area contributed by atoms with Crippen LogP contribution in [-0.4, -0.2) is 129 Å². The summed E-state index contributed by atoms with van der Waals surface area (Å²) in [5.74, 6) is -0.0384. The molecule has 44 heavy (non-hydrogen) atoms. The third-order valence-corrected chi connectivity index (χ3v) is 7.10. The number of ether oxygens (including phenoxy) is 6. The number of aliphatic hydroxyl groups excluding tert-OH is 8. The van der Waals surface area contributed by atoms with Crippen molar-refractivity contribution in [2.75, 3.05) is 20.3 Å². The van der Waals surface area contributed by atoms with E-state index in [0.29, 0.717) is 11.1 Å². The molecule has 10 atom stereocenters. The topological polar surface area (TPSA) is 234 Å². The summed E-state index contributed by atoms with van der Waals surface area (Å²) in [6, 6.07) is 10.9. The second-order valence-corrected chi connectivity index (χ2v) is 10.1. The van der Waals surface area contributed by atoms with Crippen molar-refractivity contribution in [2.45, 2.75) is 68.0 Å². The number of hydrogen-bond acceptors (Lipinski definition) is 15. The van der Waals surface area contributed by atoms with Gasteiger partial charge in [0.2, 0.25) is 12.6 Å². The van der Waals surface area contributed by atoms with Crippen molar-refractivity contribution in [2.24, 2.45) is 0 Å². The maximum atomic E-state index is 12.3. The van der Waals surface area contributed by atoms with Crippen LogP contribution >= 0.6 is 0 Å². The van der Waals surface area contributed by atoms with Crippen LogP contribution < -0.4 is 14.2 Å². The number of methoxy groups -OCH3 is 1. The summed E-state index contributed by atoms with van der Waals surface area (Å²) in [6.45, 7) is -1.26. The van der Waals surface area contributed by atoms with Gasteiger partial charge in [0.05, 0.1) is 20.3 Å². The van der Waals surface area contributed by atoms with Crippen LogP contribution in [0.15, 0.2) is 48.5 Å². The molecular formula is C29H36O15. The summed E-state index contributed by atoms with van der Waals surface area (Å²) >= 11 is 0. The van der Waals surface area contributed by atoms with E-state index in [0.717, 1.165) is 0 Å². The molecule has 2 saturated heterocycles. The van der Waals surface area contributed by atoms with Crippen molar-refractivity contribution in [3.8, 4) is 17.2 Å². The van der Waals surface area contributed by atoms with Crippen LogP contribution in [0.4, 0.5) is 0 Å². The number of carbonyl (C=O) groups is 1. The molecule has 0 saturated carbocycles. The third kappa shape index (κ3) is 7.83. The minimum atomic E-state index is -1.60. The molecule has 8 N–H and O–H groups in total. The predicted octanol–water partition coefficient (Wildman–Crippen LogP) is -2.19. The van der Waals surface area contributed by atoms with Crippen molar-refractivity contribution in [3.63, 3.8) is 0 Å². The summed E-state index contributed by atoms with van der Waals surface area (Å²) in [5.41, 5.74) is 1.15. The molecule has 15 nitrogen and oxygen atoms in total. The molecule has 2 aromatic carbocycles. The number of hydrogen-bond donors (Lipinski definition) is 8. The van der Waals surface area contributed by atoms with Crippen molar-refractivity contribution in [1.29, 1.82) is 0 Å². The van der Waals surface area contributed by atoms with Gasteiger partial charge in [-0.3, -0.25) is 0 Å². The van der Waals surface area contributed by atoms with Crippen LogP contribution in [0.3, 0.4) is 0 Å². The molecule has 0 radical (unpaired) electrons. The molecule has 15 heteroatoms. The molecule has 2 fully saturated rings. The summed E-state index contributed by atoms with van der Waals surface area (Å²) < 4.78 is 32.4. The van der Waals surface area contributed by atoms with Gasteiger partial charge >= 0.3 is 5.97 Å². The van der Waals surface area contributed by atoms with Gasteiger partial charge in [0.1, 0.15) is 61.2 Å². The zero-order valence-electron chi connectivity index (χ0n) is 23.5. The van der Waals surface area contributed by atoms with E-state index in [2.05, 4.69) is 0 Å². The fraction of sp³-hybridized carbons (Fsp3) is 0.483. The number of esters is 1. The van der Waals surface area contributed by atoms with Gasteiger partial charge in [-0.25, -0.2) is 4.79 Å². The Labute approximate surface area is 251 Å². The quantitative estimate of drug-likeness (QED) is 0.0980. The lowest BCUT2D eigenvalue weighted by Crippen LogP contribution is -2.60. The Morgan fingerprint density at radius 1 is 0.750 bits per heavy atom. The molecule has 0 bridgehead atoms. The molecule has 0 unspecified atom stereocenters. The van der Waals surface area contributed by atoms with Gasteiger partial charge in [0.25, 0.3) is 0 Å². The normalized spacial score (nSPS) is 32.3. The van der Waals surface area contributed by atoms with Crippen LogP contribution in [0.1, 0.15) is 11.1 Å². The minimum absolute atomic E-state index is 0.0707. The molecule has 0 spiro atoms. The van der Waals surface area contributed by atoms with Gasteiger partial charge in [0.15, 0.2) is 11.5 Å². The first-order chi connectivity index (χ1) is 21.1. The Morgan fingerprint density at radius 2 is 1.32 bits per heavy atom. The molecule has 2 aliphatic heterocycles. The standard InChI is InChI=1S/C29H36O15/c1-39-18-10-14(4-8-17(18)42-29-27(38)25(36)23(34)20(12-31)44-29)5-9-21(32)40-13-15-2-6-16(7-3-15)41-28-26(37)24(35)22(33)19(11-30)43-28/h2-10,19-20,22-31,33-38H,11-13H2,1H3/b9-5+/t19-,20-,22-,23-,24+,25+,26-,27-,28-,29-/m1/s1. The highest BCUT2D eigenvalue weighted by atomic mass is 16.7. The minimum Gasteiger partial charge on any atom is -0.493 e. The van der Waals surface area contributed by atoms with Crippen LogP contribution in [0.25, 0.3) is 6.08 Å². The number of rotatable bonds is 11. The van der Waals surface area contributed by atoms with Crippen LogP contribution in [0, 0.1) is 0 Å². The van der Waals surface area contributed by atoms with Crippen molar-refractivity contribution in [1.82, 2.24) is 0 Å². The molecule has 0 aliphatic carbocycles. The average Bonchev–Trinajstić information content (AvgIpc) is 3.04. The lowest BCUT2D eigenvalue weighted by atomic mass is 9.99. The molecule has 242 valence electrons. The van der Waals surface area contributed by atoms with Crippen molar-refractivity contribution in [3.05, 3.63) is 59.7 Å². The maximum absolute atomic E-state index is 12.3. The highest BCUT2D eigenvalue weighted by Crippen LogP contribution is 2.32. The van der Waals surface area contributed by atoms with E-state index in [9.17, 15) is 45.6 Å². The van der Waals surface area contributed by atoms with E-state index >= 15 is 0 Å². The second kappa shape index (κ2) is 15.1. The zero-order chi connectivity index (χ0) is 32.0. The van der Waals surface area contributed by atoms with E-state index < -0.39 is 80.6 Å². The molecule has 0 amide bonds.